The molecule has 168 valence electrons. The maximum atomic E-state index is 13.3. The van der Waals surface area contributed by atoms with Gasteiger partial charge < -0.3 is 10.4 Å². The summed E-state index contributed by atoms with van der Waals surface area (Å²) in [5.41, 5.74) is 5.96. The van der Waals surface area contributed by atoms with Gasteiger partial charge in [-0.15, -0.1) is 0 Å². The number of phenolic OH excluding ortho intramolecular Hbond substituents is 1. The van der Waals surface area contributed by atoms with Gasteiger partial charge in [-0.25, -0.2) is 0 Å². The van der Waals surface area contributed by atoms with E-state index in [0.717, 1.165) is 23.4 Å². The smallest absolute Gasteiger partial charge is 0.193 e. The van der Waals surface area contributed by atoms with E-state index in [-0.39, 0.29) is 16.6 Å². The molecule has 3 rings (SSSR count). The Bertz CT molecular complexity index is 1060. The fraction of sp³-hybridized carbons (Fsp3) is 0.345. The van der Waals surface area contributed by atoms with E-state index >= 15 is 0 Å². The van der Waals surface area contributed by atoms with Gasteiger partial charge >= 0.3 is 0 Å². The van der Waals surface area contributed by atoms with Crippen LogP contribution in [0.15, 0.2) is 60.7 Å². The van der Waals surface area contributed by atoms with Crippen LogP contribution in [-0.2, 0) is 17.4 Å². The Morgan fingerprint density at radius 2 is 1.28 bits per heavy atom. The lowest BCUT2D eigenvalue weighted by Crippen LogP contribution is -2.76. The first-order valence-corrected chi connectivity index (χ1v) is 11.3. The van der Waals surface area contributed by atoms with Crippen LogP contribution in [0.1, 0.15) is 79.7 Å². The number of carbonyl (C=O) groups excluding carboxylic acids is 1. The Kier molecular flexibility index (Phi) is 6.61. The van der Waals surface area contributed by atoms with Crippen molar-refractivity contribution >= 4 is 11.5 Å². The molecule has 0 atom stereocenters. The highest BCUT2D eigenvalue weighted by Crippen LogP contribution is 2.40. The van der Waals surface area contributed by atoms with Crippen molar-refractivity contribution in [3.8, 4) is 5.75 Å². The monoisotopic (exact) mass is 430 g/mol. The number of benzene rings is 3. The molecule has 3 N–H and O–H groups in total. The summed E-state index contributed by atoms with van der Waals surface area (Å²) in [6.07, 6.45) is 0. The van der Waals surface area contributed by atoms with Crippen LogP contribution in [0.5, 0.6) is 5.75 Å². The molecule has 0 heterocycles. The second kappa shape index (κ2) is 8.91. The van der Waals surface area contributed by atoms with Crippen molar-refractivity contribution in [3.63, 3.8) is 0 Å². The third-order valence-electron chi connectivity index (χ3n) is 5.86. The highest BCUT2D eigenvalue weighted by Gasteiger charge is 2.28. The third kappa shape index (κ3) is 5.46. The van der Waals surface area contributed by atoms with Crippen LogP contribution in [0.3, 0.4) is 0 Å². The van der Waals surface area contributed by atoms with Gasteiger partial charge in [0.25, 0.3) is 0 Å². The molecule has 3 aromatic rings. The highest BCUT2D eigenvalue weighted by atomic mass is 16.3. The van der Waals surface area contributed by atoms with Gasteiger partial charge in [0.1, 0.15) is 18.0 Å². The molecule has 3 nitrogen and oxygen atoms in total. The standard InChI is InChI=1S/C29H35NO2/c1-19-8-10-20(11-9-19)18-30-23-14-12-21(13-15-23)26(31)22-16-24(28(2,3)4)27(32)25(17-22)29(5,6)7/h8-17,30,32H,18H2,1-7H3/p+1. The molecule has 0 aliphatic rings. The lowest BCUT2D eigenvalue weighted by atomic mass is 9.77. The summed E-state index contributed by atoms with van der Waals surface area (Å²) in [6, 6.07) is 20.0. The van der Waals surface area contributed by atoms with Gasteiger partial charge in [0.05, 0.1) is 0 Å². The Morgan fingerprint density at radius 1 is 0.781 bits per heavy atom. The summed E-state index contributed by atoms with van der Waals surface area (Å²) in [6.45, 7) is 15.3. The first kappa shape index (κ1) is 23.7. The van der Waals surface area contributed by atoms with Crippen LogP contribution >= 0.6 is 0 Å². The van der Waals surface area contributed by atoms with Crippen LogP contribution in [0, 0.1) is 6.92 Å². The molecule has 0 bridgehead atoms. The molecule has 0 aliphatic carbocycles. The zero-order valence-electron chi connectivity index (χ0n) is 20.4. The van der Waals surface area contributed by atoms with Gasteiger partial charge in [-0.05, 0) is 54.2 Å². The third-order valence-corrected chi connectivity index (χ3v) is 5.86. The summed E-state index contributed by atoms with van der Waals surface area (Å²) in [4.78, 5) is 13.3. The van der Waals surface area contributed by atoms with Crippen molar-refractivity contribution in [1.82, 2.24) is 0 Å². The first-order chi connectivity index (χ1) is 14.9. The molecule has 3 aromatic carbocycles. The quantitative estimate of drug-likeness (QED) is 0.390. The number of rotatable bonds is 5. The summed E-state index contributed by atoms with van der Waals surface area (Å²) < 4.78 is 0. The Balaban J connectivity index is 1.86. The number of hydrogen-bond donors (Lipinski definition) is 2. The predicted octanol–water partition coefficient (Wildman–Crippen LogP) is 5.92. The van der Waals surface area contributed by atoms with Crippen molar-refractivity contribution in [2.45, 2.75) is 65.8 Å². The number of nitrogens with two attached hydrogens (primary N) is 1. The molecule has 0 spiro atoms. The van der Waals surface area contributed by atoms with Gasteiger partial charge in [-0.2, -0.15) is 0 Å². The number of phenols is 1. The maximum absolute atomic E-state index is 13.3. The SMILES string of the molecule is Cc1ccc(C[NH2+]c2ccc(C(=O)c3cc(C(C)(C)C)c(O)c(C(C)(C)C)c3)cc2)cc1. The highest BCUT2D eigenvalue weighted by molar-refractivity contribution is 6.09. The zero-order valence-corrected chi connectivity index (χ0v) is 20.4. The number of carbonyl (C=O) groups is 1. The van der Waals surface area contributed by atoms with Crippen LogP contribution in [0.25, 0.3) is 0 Å². The molecule has 0 aliphatic heterocycles. The Morgan fingerprint density at radius 3 is 1.75 bits per heavy atom. The second-order valence-electron chi connectivity index (χ2n) is 10.8. The zero-order chi connectivity index (χ0) is 23.7. The van der Waals surface area contributed by atoms with Gasteiger partial charge in [-0.1, -0.05) is 71.4 Å². The lowest BCUT2D eigenvalue weighted by molar-refractivity contribution is -0.588. The molecular weight excluding hydrogens is 394 g/mol. The molecule has 0 aromatic heterocycles. The number of quaternary nitrogens is 1. The van der Waals surface area contributed by atoms with Crippen molar-refractivity contribution in [1.29, 1.82) is 0 Å². The maximum Gasteiger partial charge on any atom is 0.193 e. The van der Waals surface area contributed by atoms with Gasteiger partial charge in [0.2, 0.25) is 0 Å². The van der Waals surface area contributed by atoms with E-state index in [1.54, 1.807) is 0 Å². The normalized spacial score (nSPS) is 12.1. The van der Waals surface area contributed by atoms with Crippen molar-refractivity contribution in [2.24, 2.45) is 0 Å². The molecule has 3 heteroatoms. The Hall–Kier alpha value is -2.91. The van der Waals surface area contributed by atoms with E-state index in [0.29, 0.717) is 16.9 Å². The number of aromatic hydroxyl groups is 1. The first-order valence-electron chi connectivity index (χ1n) is 11.3. The van der Waals surface area contributed by atoms with Crippen LogP contribution in [-0.4, -0.2) is 10.9 Å². The molecule has 0 fully saturated rings. The van der Waals surface area contributed by atoms with E-state index in [1.165, 1.54) is 11.1 Å². The molecular formula is C29H36NO2+. The topological polar surface area (TPSA) is 53.9 Å². The van der Waals surface area contributed by atoms with E-state index in [9.17, 15) is 9.90 Å². The van der Waals surface area contributed by atoms with Gasteiger partial charge in [0.15, 0.2) is 5.78 Å². The number of aryl methyl sites for hydroxylation is 1. The number of hydrogen-bond acceptors (Lipinski definition) is 2. The summed E-state index contributed by atoms with van der Waals surface area (Å²) in [5, 5.41) is 13.1. The van der Waals surface area contributed by atoms with Crippen molar-refractivity contribution < 1.29 is 15.2 Å². The lowest BCUT2D eigenvalue weighted by Gasteiger charge is -2.28. The van der Waals surface area contributed by atoms with E-state index in [2.05, 4.69) is 78.0 Å². The minimum absolute atomic E-state index is 0.0221. The van der Waals surface area contributed by atoms with E-state index in [1.807, 2.05) is 36.4 Å². The average molecular weight is 431 g/mol. The number of ketones is 1. The summed E-state index contributed by atoms with van der Waals surface area (Å²) in [5.74, 6) is 0.272. The molecule has 32 heavy (non-hydrogen) atoms. The minimum atomic E-state index is -0.269. The van der Waals surface area contributed by atoms with E-state index in [4.69, 9.17) is 0 Å². The summed E-state index contributed by atoms with van der Waals surface area (Å²) in [7, 11) is 0. The molecule has 0 amide bonds. The fourth-order valence-electron chi connectivity index (χ4n) is 3.81. The van der Waals surface area contributed by atoms with Gasteiger partial charge in [-0.3, -0.25) is 4.79 Å². The largest absolute Gasteiger partial charge is 0.507 e. The van der Waals surface area contributed by atoms with E-state index < -0.39 is 0 Å². The fourth-order valence-corrected chi connectivity index (χ4v) is 3.81. The average Bonchev–Trinajstić information content (AvgIpc) is 2.72. The van der Waals surface area contributed by atoms with Crippen LogP contribution in [0.2, 0.25) is 0 Å². The molecule has 0 saturated carbocycles. The molecule has 0 radical (unpaired) electrons. The predicted molar refractivity (Wildman–Crippen MR) is 132 cm³/mol. The molecule has 0 unspecified atom stereocenters. The van der Waals surface area contributed by atoms with Crippen molar-refractivity contribution in [2.75, 3.05) is 0 Å². The van der Waals surface area contributed by atoms with Crippen molar-refractivity contribution in [3.05, 3.63) is 94.0 Å². The second-order valence-corrected chi connectivity index (χ2v) is 10.8. The van der Waals surface area contributed by atoms with Crippen LogP contribution < -0.4 is 5.32 Å². The van der Waals surface area contributed by atoms with Gasteiger partial charge in [0, 0.05) is 27.8 Å². The summed E-state index contributed by atoms with van der Waals surface area (Å²) >= 11 is 0. The molecule has 0 saturated heterocycles. The van der Waals surface area contributed by atoms with Crippen LogP contribution in [0.4, 0.5) is 5.69 Å². The Labute approximate surface area is 192 Å². The minimum Gasteiger partial charge on any atom is -0.507 e.